The third-order valence-electron chi connectivity index (χ3n) is 4.35. The minimum absolute atomic E-state index is 0.333. The SMILES string of the molecule is COc1cc(NC(=O)Cn2ccn(-c3ccccc3OC)c(=O)c2=O)cc(OC)c1. The van der Waals surface area contributed by atoms with E-state index in [1.807, 2.05) is 0 Å². The summed E-state index contributed by atoms with van der Waals surface area (Å²) >= 11 is 0. The summed E-state index contributed by atoms with van der Waals surface area (Å²) in [6, 6.07) is 11.7. The molecule has 156 valence electrons. The molecular weight excluding hydrogens is 390 g/mol. The van der Waals surface area contributed by atoms with E-state index in [2.05, 4.69) is 5.32 Å². The lowest BCUT2D eigenvalue weighted by atomic mass is 10.2. The summed E-state index contributed by atoms with van der Waals surface area (Å²) in [6.07, 6.45) is 2.80. The van der Waals surface area contributed by atoms with Gasteiger partial charge in [0, 0.05) is 36.3 Å². The number of anilines is 1. The standard InChI is InChI=1S/C21H21N3O6/c1-28-15-10-14(11-16(12-15)29-2)22-19(25)13-23-8-9-24(21(27)20(23)26)17-6-4-5-7-18(17)30-3/h4-12H,13H2,1-3H3,(H,22,25). The number of amides is 1. The van der Waals surface area contributed by atoms with Crippen LogP contribution in [-0.2, 0) is 11.3 Å². The Morgan fingerprint density at radius 2 is 1.57 bits per heavy atom. The van der Waals surface area contributed by atoms with Crippen molar-refractivity contribution in [2.75, 3.05) is 26.6 Å². The molecule has 0 radical (unpaired) electrons. The van der Waals surface area contributed by atoms with Crippen LogP contribution in [-0.4, -0.2) is 36.4 Å². The average molecular weight is 411 g/mol. The Labute approximate surface area is 172 Å². The Morgan fingerprint density at radius 3 is 2.20 bits per heavy atom. The number of para-hydroxylation sites is 2. The maximum Gasteiger partial charge on any atom is 0.321 e. The Balaban J connectivity index is 1.84. The van der Waals surface area contributed by atoms with Crippen LogP contribution in [0.25, 0.3) is 5.69 Å². The van der Waals surface area contributed by atoms with Gasteiger partial charge in [0.1, 0.15) is 23.8 Å². The highest BCUT2D eigenvalue weighted by molar-refractivity contribution is 5.91. The molecule has 30 heavy (non-hydrogen) atoms. The van der Waals surface area contributed by atoms with Crippen molar-refractivity contribution in [2.45, 2.75) is 6.54 Å². The van der Waals surface area contributed by atoms with E-state index in [0.29, 0.717) is 28.6 Å². The second-order valence-electron chi connectivity index (χ2n) is 6.23. The van der Waals surface area contributed by atoms with Gasteiger partial charge < -0.3 is 19.5 Å². The van der Waals surface area contributed by atoms with Crippen molar-refractivity contribution in [1.29, 1.82) is 0 Å². The zero-order valence-electron chi connectivity index (χ0n) is 16.7. The fraction of sp³-hybridized carbons (Fsp3) is 0.190. The van der Waals surface area contributed by atoms with Gasteiger partial charge in [-0.25, -0.2) is 0 Å². The molecule has 0 aliphatic heterocycles. The first kappa shape index (κ1) is 20.7. The molecule has 0 aliphatic rings. The molecule has 0 aliphatic carbocycles. The average Bonchev–Trinajstić information content (AvgIpc) is 2.76. The quantitative estimate of drug-likeness (QED) is 0.594. The molecule has 0 saturated heterocycles. The molecule has 1 amide bonds. The van der Waals surface area contributed by atoms with E-state index >= 15 is 0 Å². The van der Waals surface area contributed by atoms with Gasteiger partial charge in [-0.3, -0.25) is 23.5 Å². The van der Waals surface area contributed by atoms with Gasteiger partial charge in [0.05, 0.1) is 27.0 Å². The highest BCUT2D eigenvalue weighted by atomic mass is 16.5. The Hall–Kier alpha value is -4.01. The molecule has 0 unspecified atom stereocenters. The van der Waals surface area contributed by atoms with Gasteiger partial charge in [-0.05, 0) is 12.1 Å². The topological polar surface area (TPSA) is 101 Å². The summed E-state index contributed by atoms with van der Waals surface area (Å²) in [4.78, 5) is 37.5. The molecule has 0 bridgehead atoms. The van der Waals surface area contributed by atoms with E-state index in [1.54, 1.807) is 42.5 Å². The van der Waals surface area contributed by atoms with E-state index in [9.17, 15) is 14.4 Å². The molecule has 9 nitrogen and oxygen atoms in total. The predicted molar refractivity (Wildman–Crippen MR) is 111 cm³/mol. The smallest absolute Gasteiger partial charge is 0.321 e. The third kappa shape index (κ3) is 4.35. The Morgan fingerprint density at radius 1 is 0.900 bits per heavy atom. The summed E-state index contributed by atoms with van der Waals surface area (Å²) in [7, 11) is 4.47. The predicted octanol–water partition coefficient (Wildman–Crippen LogP) is 1.66. The van der Waals surface area contributed by atoms with Gasteiger partial charge in [-0.15, -0.1) is 0 Å². The molecule has 1 heterocycles. The van der Waals surface area contributed by atoms with Crippen molar-refractivity contribution in [2.24, 2.45) is 0 Å². The van der Waals surface area contributed by atoms with Gasteiger partial charge in [0.2, 0.25) is 5.91 Å². The number of ether oxygens (including phenoxy) is 3. The third-order valence-corrected chi connectivity index (χ3v) is 4.35. The number of nitrogens with zero attached hydrogens (tertiary/aromatic N) is 2. The van der Waals surface area contributed by atoms with Crippen LogP contribution in [0.3, 0.4) is 0 Å². The van der Waals surface area contributed by atoms with Crippen LogP contribution in [0.15, 0.2) is 64.4 Å². The van der Waals surface area contributed by atoms with Gasteiger partial charge in [-0.2, -0.15) is 0 Å². The first-order valence-electron chi connectivity index (χ1n) is 8.95. The Kier molecular flexibility index (Phi) is 6.21. The van der Waals surface area contributed by atoms with Crippen LogP contribution in [0.4, 0.5) is 5.69 Å². The summed E-state index contributed by atoms with van der Waals surface area (Å²) in [6.45, 7) is -0.333. The van der Waals surface area contributed by atoms with Crippen molar-refractivity contribution in [3.63, 3.8) is 0 Å². The van der Waals surface area contributed by atoms with E-state index in [-0.39, 0.29) is 6.54 Å². The van der Waals surface area contributed by atoms with Crippen LogP contribution in [0.5, 0.6) is 17.2 Å². The molecule has 0 spiro atoms. The first-order valence-corrected chi connectivity index (χ1v) is 8.95. The minimum Gasteiger partial charge on any atom is -0.497 e. The van der Waals surface area contributed by atoms with Crippen LogP contribution in [0, 0.1) is 0 Å². The molecular formula is C21H21N3O6. The molecule has 0 fully saturated rings. The second kappa shape index (κ2) is 8.99. The van der Waals surface area contributed by atoms with E-state index in [1.165, 1.54) is 38.3 Å². The minimum atomic E-state index is -0.832. The number of carbonyl (C=O) groups excluding carboxylic acids is 1. The molecule has 3 rings (SSSR count). The number of nitrogens with one attached hydrogen (secondary N) is 1. The largest absolute Gasteiger partial charge is 0.497 e. The summed E-state index contributed by atoms with van der Waals surface area (Å²) in [5.41, 5.74) is -0.756. The van der Waals surface area contributed by atoms with Gasteiger partial charge in [-0.1, -0.05) is 12.1 Å². The van der Waals surface area contributed by atoms with Gasteiger partial charge >= 0.3 is 11.1 Å². The normalized spacial score (nSPS) is 10.4. The van der Waals surface area contributed by atoms with Gasteiger partial charge in [0.25, 0.3) is 0 Å². The fourth-order valence-corrected chi connectivity index (χ4v) is 2.89. The number of hydrogen-bond donors (Lipinski definition) is 1. The number of carbonyl (C=O) groups is 1. The van der Waals surface area contributed by atoms with Gasteiger partial charge in [0.15, 0.2) is 0 Å². The lowest BCUT2D eigenvalue weighted by molar-refractivity contribution is -0.116. The van der Waals surface area contributed by atoms with Crippen molar-refractivity contribution >= 4 is 11.6 Å². The maximum atomic E-state index is 12.6. The summed E-state index contributed by atoms with van der Waals surface area (Å²) in [5.74, 6) is 0.964. The monoisotopic (exact) mass is 411 g/mol. The van der Waals surface area contributed by atoms with Crippen LogP contribution >= 0.6 is 0 Å². The zero-order valence-corrected chi connectivity index (χ0v) is 16.7. The highest BCUT2D eigenvalue weighted by Gasteiger charge is 2.13. The lowest BCUT2D eigenvalue weighted by Gasteiger charge is -2.12. The molecule has 9 heteroatoms. The van der Waals surface area contributed by atoms with Crippen molar-refractivity contribution in [3.8, 4) is 22.9 Å². The van der Waals surface area contributed by atoms with Crippen LogP contribution in [0.1, 0.15) is 0 Å². The van der Waals surface area contributed by atoms with Crippen molar-refractivity contribution < 1.29 is 19.0 Å². The van der Waals surface area contributed by atoms with Crippen LogP contribution in [0.2, 0.25) is 0 Å². The number of hydrogen-bond acceptors (Lipinski definition) is 6. The zero-order chi connectivity index (χ0) is 21.7. The summed E-state index contributed by atoms with van der Waals surface area (Å²) in [5, 5.41) is 2.66. The number of aromatic nitrogens is 2. The van der Waals surface area contributed by atoms with E-state index < -0.39 is 17.0 Å². The maximum absolute atomic E-state index is 12.6. The molecule has 3 aromatic rings. The highest BCUT2D eigenvalue weighted by Crippen LogP contribution is 2.25. The molecule has 1 N–H and O–H groups in total. The van der Waals surface area contributed by atoms with Crippen molar-refractivity contribution in [3.05, 3.63) is 75.6 Å². The Bertz CT molecular complexity index is 1160. The molecule has 0 saturated carbocycles. The lowest BCUT2D eigenvalue weighted by Crippen LogP contribution is -2.41. The number of methoxy groups -OCH3 is 3. The number of rotatable bonds is 7. The van der Waals surface area contributed by atoms with Crippen LogP contribution < -0.4 is 30.6 Å². The van der Waals surface area contributed by atoms with Crippen molar-refractivity contribution in [1.82, 2.24) is 9.13 Å². The molecule has 0 atom stereocenters. The summed E-state index contributed by atoms with van der Waals surface area (Å²) < 4.78 is 17.8. The fourth-order valence-electron chi connectivity index (χ4n) is 2.89. The van der Waals surface area contributed by atoms with E-state index in [4.69, 9.17) is 14.2 Å². The number of benzene rings is 2. The molecule has 2 aromatic carbocycles. The first-order chi connectivity index (χ1) is 14.5. The van der Waals surface area contributed by atoms with E-state index in [0.717, 1.165) is 4.57 Å². The molecule has 1 aromatic heterocycles. The second-order valence-corrected chi connectivity index (χ2v) is 6.23.